The van der Waals surface area contributed by atoms with Crippen LogP contribution in [-0.2, 0) is 4.74 Å². The van der Waals surface area contributed by atoms with Crippen molar-refractivity contribution in [3.8, 4) is 5.75 Å². The lowest BCUT2D eigenvalue weighted by Crippen LogP contribution is -2.23. The van der Waals surface area contributed by atoms with Crippen LogP contribution in [0.15, 0.2) is 24.3 Å². The van der Waals surface area contributed by atoms with Gasteiger partial charge < -0.3 is 14.8 Å². The van der Waals surface area contributed by atoms with Gasteiger partial charge in [-0.05, 0) is 51.4 Å². The van der Waals surface area contributed by atoms with Crippen LogP contribution in [-0.4, -0.2) is 25.9 Å². The summed E-state index contributed by atoms with van der Waals surface area (Å²) >= 11 is 0. The first-order chi connectivity index (χ1) is 8.69. The molecule has 1 aliphatic carbocycles. The van der Waals surface area contributed by atoms with Crippen molar-refractivity contribution in [3.05, 3.63) is 29.8 Å². The zero-order chi connectivity index (χ0) is 13.0. The van der Waals surface area contributed by atoms with Crippen molar-refractivity contribution < 1.29 is 9.47 Å². The molecule has 0 bridgehead atoms. The molecule has 0 heterocycles. The number of hydrogen-bond donors (Lipinski definition) is 1. The number of nitrogens with one attached hydrogen (secondary N) is 1. The maximum absolute atomic E-state index is 5.74. The van der Waals surface area contributed by atoms with Crippen LogP contribution in [0.5, 0.6) is 5.75 Å². The zero-order valence-electron chi connectivity index (χ0n) is 11.5. The molecular weight excluding hydrogens is 226 g/mol. The lowest BCUT2D eigenvalue weighted by molar-refractivity contribution is 0.0626. The van der Waals surface area contributed by atoms with Gasteiger partial charge in [0.25, 0.3) is 0 Å². The largest absolute Gasteiger partial charge is 0.490 e. The van der Waals surface area contributed by atoms with Crippen molar-refractivity contribution in [3.63, 3.8) is 0 Å². The molecule has 2 rings (SSSR count). The maximum Gasteiger partial charge on any atom is 0.119 e. The van der Waals surface area contributed by atoms with Gasteiger partial charge in [0.15, 0.2) is 0 Å². The second-order valence-electron chi connectivity index (χ2n) is 5.11. The number of hydrogen-bond acceptors (Lipinski definition) is 3. The van der Waals surface area contributed by atoms with Crippen molar-refractivity contribution in [2.24, 2.45) is 0 Å². The smallest absolute Gasteiger partial charge is 0.119 e. The predicted molar refractivity (Wildman–Crippen MR) is 73.0 cm³/mol. The van der Waals surface area contributed by atoms with Crippen LogP contribution in [0.3, 0.4) is 0 Å². The highest BCUT2D eigenvalue weighted by atomic mass is 16.5. The lowest BCUT2D eigenvalue weighted by atomic mass is 10.1. The molecule has 100 valence electrons. The summed E-state index contributed by atoms with van der Waals surface area (Å²) < 4.78 is 11.4. The normalized spacial score (nSPS) is 16.9. The van der Waals surface area contributed by atoms with E-state index in [0.29, 0.717) is 12.7 Å². The Labute approximate surface area is 109 Å². The molecule has 1 aromatic carbocycles. The van der Waals surface area contributed by atoms with Gasteiger partial charge >= 0.3 is 0 Å². The van der Waals surface area contributed by atoms with Gasteiger partial charge in [-0.15, -0.1) is 0 Å². The van der Waals surface area contributed by atoms with Crippen molar-refractivity contribution in [1.29, 1.82) is 0 Å². The standard InChI is InChI=1S/C15H23NO2/c1-11(2)17-10-15(16-3)12-4-6-13(7-5-12)18-14-8-9-14/h4-7,11,14-16H,8-10H2,1-3H3. The van der Waals surface area contributed by atoms with Crippen molar-refractivity contribution in [1.82, 2.24) is 5.32 Å². The molecular formula is C15H23NO2. The summed E-state index contributed by atoms with van der Waals surface area (Å²) in [7, 11) is 1.96. The molecule has 1 aliphatic rings. The Bertz CT molecular complexity index is 357. The monoisotopic (exact) mass is 249 g/mol. The average molecular weight is 249 g/mol. The lowest BCUT2D eigenvalue weighted by Gasteiger charge is -2.18. The van der Waals surface area contributed by atoms with Gasteiger partial charge in [0, 0.05) is 0 Å². The van der Waals surface area contributed by atoms with E-state index in [4.69, 9.17) is 9.47 Å². The van der Waals surface area contributed by atoms with Crippen molar-refractivity contribution in [2.45, 2.75) is 44.9 Å². The number of likely N-dealkylation sites (N-methyl/N-ethyl adjacent to an activating group) is 1. The van der Waals surface area contributed by atoms with Crippen LogP contribution in [0.1, 0.15) is 38.3 Å². The van der Waals surface area contributed by atoms with Gasteiger partial charge in [0.2, 0.25) is 0 Å². The second-order valence-corrected chi connectivity index (χ2v) is 5.11. The highest BCUT2D eigenvalue weighted by Gasteiger charge is 2.23. The first-order valence-corrected chi connectivity index (χ1v) is 6.74. The van der Waals surface area contributed by atoms with Crippen LogP contribution in [0.4, 0.5) is 0 Å². The molecule has 1 N–H and O–H groups in total. The third-order valence-electron chi connectivity index (χ3n) is 3.05. The molecule has 0 aliphatic heterocycles. The molecule has 0 saturated heterocycles. The van der Waals surface area contributed by atoms with Gasteiger partial charge in [0.1, 0.15) is 5.75 Å². The first-order valence-electron chi connectivity index (χ1n) is 6.74. The molecule has 0 spiro atoms. The maximum atomic E-state index is 5.74. The third-order valence-corrected chi connectivity index (χ3v) is 3.05. The summed E-state index contributed by atoms with van der Waals surface area (Å²) in [5.74, 6) is 0.973. The Hall–Kier alpha value is -1.06. The minimum Gasteiger partial charge on any atom is -0.490 e. The summed E-state index contributed by atoms with van der Waals surface area (Å²) in [4.78, 5) is 0. The molecule has 1 atom stereocenters. The minimum atomic E-state index is 0.238. The number of ether oxygens (including phenoxy) is 2. The molecule has 0 amide bonds. The molecule has 3 nitrogen and oxygen atoms in total. The third kappa shape index (κ3) is 4.00. The summed E-state index contributed by atoms with van der Waals surface area (Å²) in [6.45, 7) is 4.80. The van der Waals surface area contributed by atoms with E-state index in [1.807, 2.05) is 19.2 Å². The predicted octanol–water partition coefficient (Wildman–Crippen LogP) is 2.91. The zero-order valence-corrected chi connectivity index (χ0v) is 11.5. The quantitative estimate of drug-likeness (QED) is 0.806. The number of benzene rings is 1. The highest BCUT2D eigenvalue weighted by Crippen LogP contribution is 2.27. The Kier molecular flexibility index (Phi) is 4.61. The second kappa shape index (κ2) is 6.21. The molecule has 1 unspecified atom stereocenters. The van der Waals surface area contributed by atoms with Crippen LogP contribution in [0.25, 0.3) is 0 Å². The Morgan fingerprint density at radius 2 is 1.89 bits per heavy atom. The summed E-state index contributed by atoms with van der Waals surface area (Å²) in [5, 5.41) is 3.28. The van der Waals surface area contributed by atoms with Gasteiger partial charge in [-0.3, -0.25) is 0 Å². The first kappa shape index (κ1) is 13.4. The number of rotatable bonds is 7. The Morgan fingerprint density at radius 1 is 1.22 bits per heavy atom. The Morgan fingerprint density at radius 3 is 2.39 bits per heavy atom. The Balaban J connectivity index is 1.92. The van der Waals surface area contributed by atoms with Crippen LogP contribution in [0.2, 0.25) is 0 Å². The molecule has 0 aromatic heterocycles. The average Bonchev–Trinajstić information content (AvgIpc) is 3.15. The fourth-order valence-electron chi connectivity index (χ4n) is 1.79. The summed E-state index contributed by atoms with van der Waals surface area (Å²) in [6, 6.07) is 8.56. The SMILES string of the molecule is CNC(COC(C)C)c1ccc(OC2CC2)cc1. The van der Waals surface area contributed by atoms with Gasteiger partial charge in [-0.2, -0.15) is 0 Å². The summed E-state index contributed by atoms with van der Waals surface area (Å²) in [6.07, 6.45) is 3.12. The van der Waals surface area contributed by atoms with E-state index in [0.717, 1.165) is 5.75 Å². The van der Waals surface area contributed by atoms with E-state index in [1.54, 1.807) is 0 Å². The van der Waals surface area contributed by atoms with E-state index >= 15 is 0 Å². The van der Waals surface area contributed by atoms with Crippen LogP contribution >= 0.6 is 0 Å². The van der Waals surface area contributed by atoms with Crippen LogP contribution in [0, 0.1) is 0 Å². The molecule has 3 heteroatoms. The van der Waals surface area contributed by atoms with E-state index < -0.39 is 0 Å². The highest BCUT2D eigenvalue weighted by molar-refractivity contribution is 5.29. The van der Waals surface area contributed by atoms with E-state index in [1.165, 1.54) is 18.4 Å². The van der Waals surface area contributed by atoms with E-state index in [2.05, 4.69) is 31.3 Å². The van der Waals surface area contributed by atoms with Gasteiger partial charge in [-0.25, -0.2) is 0 Å². The topological polar surface area (TPSA) is 30.5 Å². The van der Waals surface area contributed by atoms with Crippen molar-refractivity contribution in [2.75, 3.05) is 13.7 Å². The van der Waals surface area contributed by atoms with E-state index in [9.17, 15) is 0 Å². The van der Waals surface area contributed by atoms with Crippen molar-refractivity contribution >= 4 is 0 Å². The summed E-state index contributed by atoms with van der Waals surface area (Å²) in [5.41, 5.74) is 1.24. The molecule has 18 heavy (non-hydrogen) atoms. The van der Waals surface area contributed by atoms with E-state index in [-0.39, 0.29) is 12.1 Å². The molecule has 1 aromatic rings. The van der Waals surface area contributed by atoms with Crippen LogP contribution < -0.4 is 10.1 Å². The van der Waals surface area contributed by atoms with Gasteiger partial charge in [0.05, 0.1) is 24.9 Å². The fraction of sp³-hybridized carbons (Fsp3) is 0.600. The fourth-order valence-corrected chi connectivity index (χ4v) is 1.79. The minimum absolute atomic E-state index is 0.238. The molecule has 0 radical (unpaired) electrons. The molecule has 1 saturated carbocycles. The van der Waals surface area contributed by atoms with Gasteiger partial charge in [-0.1, -0.05) is 12.1 Å². The molecule has 1 fully saturated rings.